The minimum Gasteiger partial charge on any atom is -0.311 e. The summed E-state index contributed by atoms with van der Waals surface area (Å²) in [4.78, 5) is 0. The highest BCUT2D eigenvalue weighted by atomic mass is 15.0. The highest BCUT2D eigenvalue weighted by molar-refractivity contribution is 4.82. The number of rotatable bonds is 4. The highest BCUT2D eigenvalue weighted by Gasteiger charge is 2.25. The van der Waals surface area contributed by atoms with Crippen molar-refractivity contribution in [1.82, 2.24) is 5.32 Å². The summed E-state index contributed by atoms with van der Waals surface area (Å²) >= 11 is 0. The smallest absolute Gasteiger partial charge is 0.00977 e. The zero-order valence-corrected chi connectivity index (χ0v) is 10.3. The second-order valence-electron chi connectivity index (χ2n) is 5.36. The van der Waals surface area contributed by atoms with Crippen molar-refractivity contribution in [2.24, 2.45) is 11.8 Å². The molecule has 0 heterocycles. The molecule has 0 bridgehead atoms. The van der Waals surface area contributed by atoms with Gasteiger partial charge in [0.25, 0.3) is 0 Å². The molecule has 1 saturated carbocycles. The topological polar surface area (TPSA) is 12.0 Å². The lowest BCUT2D eigenvalue weighted by atomic mass is 9.80. The van der Waals surface area contributed by atoms with Crippen molar-refractivity contribution in [3.8, 4) is 0 Å². The van der Waals surface area contributed by atoms with Crippen molar-refractivity contribution in [2.75, 3.05) is 0 Å². The zero-order valence-electron chi connectivity index (χ0n) is 10.3. The normalized spacial score (nSPS) is 35.6. The number of hydrogen-bond donors (Lipinski definition) is 1. The molecule has 0 amide bonds. The average Bonchev–Trinajstić information content (AvgIpc) is 2.12. The van der Waals surface area contributed by atoms with Gasteiger partial charge < -0.3 is 5.32 Å². The standard InChI is InChI=1S/C13H27N/c1-5-6-12(4)14-13-9-10(2)7-8-11(13)3/h10-14H,5-9H2,1-4H3. The van der Waals surface area contributed by atoms with E-state index in [1.165, 1.54) is 32.1 Å². The predicted octanol–water partition coefficient (Wildman–Crippen LogP) is 3.59. The Morgan fingerprint density at radius 2 is 2.00 bits per heavy atom. The first-order valence-corrected chi connectivity index (χ1v) is 6.39. The van der Waals surface area contributed by atoms with Gasteiger partial charge in [-0.05, 0) is 38.0 Å². The van der Waals surface area contributed by atoms with Gasteiger partial charge in [0.2, 0.25) is 0 Å². The first kappa shape index (κ1) is 12.0. The molecule has 0 saturated heterocycles. The molecule has 0 aromatic carbocycles. The third kappa shape index (κ3) is 3.61. The Labute approximate surface area is 89.7 Å². The monoisotopic (exact) mass is 197 g/mol. The molecule has 84 valence electrons. The molecule has 1 rings (SSSR count). The van der Waals surface area contributed by atoms with Crippen molar-refractivity contribution >= 4 is 0 Å². The van der Waals surface area contributed by atoms with Crippen molar-refractivity contribution < 1.29 is 0 Å². The van der Waals surface area contributed by atoms with Gasteiger partial charge in [-0.15, -0.1) is 0 Å². The van der Waals surface area contributed by atoms with Crippen LogP contribution in [-0.4, -0.2) is 12.1 Å². The fourth-order valence-corrected chi connectivity index (χ4v) is 2.65. The van der Waals surface area contributed by atoms with Gasteiger partial charge >= 0.3 is 0 Å². The van der Waals surface area contributed by atoms with E-state index in [1.807, 2.05) is 0 Å². The summed E-state index contributed by atoms with van der Waals surface area (Å²) in [5.41, 5.74) is 0. The van der Waals surface area contributed by atoms with Crippen molar-refractivity contribution in [2.45, 2.75) is 71.9 Å². The van der Waals surface area contributed by atoms with E-state index >= 15 is 0 Å². The molecule has 0 radical (unpaired) electrons. The quantitative estimate of drug-likeness (QED) is 0.726. The van der Waals surface area contributed by atoms with E-state index in [4.69, 9.17) is 0 Å². The van der Waals surface area contributed by atoms with Gasteiger partial charge in [0, 0.05) is 12.1 Å². The summed E-state index contributed by atoms with van der Waals surface area (Å²) in [5, 5.41) is 3.80. The first-order valence-electron chi connectivity index (χ1n) is 6.39. The summed E-state index contributed by atoms with van der Waals surface area (Å²) < 4.78 is 0. The number of hydrogen-bond acceptors (Lipinski definition) is 1. The minimum absolute atomic E-state index is 0.706. The molecule has 4 unspecified atom stereocenters. The molecule has 1 fully saturated rings. The Hall–Kier alpha value is -0.0400. The van der Waals surface area contributed by atoms with Crippen LogP contribution in [-0.2, 0) is 0 Å². The van der Waals surface area contributed by atoms with Crippen LogP contribution >= 0.6 is 0 Å². The lowest BCUT2D eigenvalue weighted by Crippen LogP contribution is -2.43. The Balaban J connectivity index is 2.33. The summed E-state index contributed by atoms with van der Waals surface area (Å²) in [6, 6.07) is 1.48. The van der Waals surface area contributed by atoms with E-state index in [0.29, 0.717) is 6.04 Å². The third-order valence-corrected chi connectivity index (χ3v) is 3.68. The number of nitrogens with one attached hydrogen (secondary N) is 1. The molecule has 1 aliphatic rings. The SMILES string of the molecule is CCCC(C)NC1CC(C)CCC1C. The third-order valence-electron chi connectivity index (χ3n) is 3.68. The molecule has 1 N–H and O–H groups in total. The summed E-state index contributed by atoms with van der Waals surface area (Å²) in [6.45, 7) is 9.40. The van der Waals surface area contributed by atoms with E-state index in [-0.39, 0.29) is 0 Å². The van der Waals surface area contributed by atoms with Crippen LogP contribution in [0.1, 0.15) is 59.8 Å². The second kappa shape index (κ2) is 5.75. The van der Waals surface area contributed by atoms with Gasteiger partial charge in [-0.3, -0.25) is 0 Å². The molecule has 14 heavy (non-hydrogen) atoms. The zero-order chi connectivity index (χ0) is 10.6. The fourth-order valence-electron chi connectivity index (χ4n) is 2.65. The van der Waals surface area contributed by atoms with Gasteiger partial charge in [-0.1, -0.05) is 33.6 Å². The molecule has 1 aliphatic carbocycles. The molecule has 1 nitrogen and oxygen atoms in total. The van der Waals surface area contributed by atoms with E-state index in [0.717, 1.165) is 17.9 Å². The second-order valence-corrected chi connectivity index (χ2v) is 5.36. The average molecular weight is 197 g/mol. The van der Waals surface area contributed by atoms with Gasteiger partial charge in [-0.2, -0.15) is 0 Å². The van der Waals surface area contributed by atoms with Crippen molar-refractivity contribution in [3.63, 3.8) is 0 Å². The maximum Gasteiger partial charge on any atom is 0.00977 e. The lowest BCUT2D eigenvalue weighted by molar-refractivity contribution is 0.213. The highest BCUT2D eigenvalue weighted by Crippen LogP contribution is 2.28. The van der Waals surface area contributed by atoms with Crippen LogP contribution < -0.4 is 5.32 Å². The molecule has 0 spiro atoms. The van der Waals surface area contributed by atoms with E-state index in [9.17, 15) is 0 Å². The van der Waals surface area contributed by atoms with Crippen molar-refractivity contribution in [1.29, 1.82) is 0 Å². The molecule has 4 atom stereocenters. The summed E-state index contributed by atoms with van der Waals surface area (Å²) in [5.74, 6) is 1.81. The summed E-state index contributed by atoms with van der Waals surface area (Å²) in [6.07, 6.45) is 6.84. The molecule has 1 heteroatoms. The Kier molecular flexibility index (Phi) is 4.94. The Morgan fingerprint density at radius 3 is 2.64 bits per heavy atom. The van der Waals surface area contributed by atoms with E-state index < -0.39 is 0 Å². The van der Waals surface area contributed by atoms with Crippen LogP contribution in [0.2, 0.25) is 0 Å². The first-order chi connectivity index (χ1) is 6.63. The van der Waals surface area contributed by atoms with Crippen LogP contribution in [0.15, 0.2) is 0 Å². The van der Waals surface area contributed by atoms with Crippen LogP contribution in [0.3, 0.4) is 0 Å². The molecule has 0 aliphatic heterocycles. The van der Waals surface area contributed by atoms with E-state index in [1.54, 1.807) is 0 Å². The van der Waals surface area contributed by atoms with Crippen LogP contribution in [0.25, 0.3) is 0 Å². The van der Waals surface area contributed by atoms with Crippen LogP contribution in [0, 0.1) is 11.8 Å². The van der Waals surface area contributed by atoms with Gasteiger partial charge in [0.05, 0.1) is 0 Å². The Morgan fingerprint density at radius 1 is 1.29 bits per heavy atom. The van der Waals surface area contributed by atoms with Gasteiger partial charge in [0.15, 0.2) is 0 Å². The Bertz CT molecular complexity index is 155. The predicted molar refractivity (Wildman–Crippen MR) is 63.5 cm³/mol. The summed E-state index contributed by atoms with van der Waals surface area (Å²) in [7, 11) is 0. The van der Waals surface area contributed by atoms with Crippen LogP contribution in [0.5, 0.6) is 0 Å². The largest absolute Gasteiger partial charge is 0.311 e. The van der Waals surface area contributed by atoms with Crippen LogP contribution in [0.4, 0.5) is 0 Å². The molecular weight excluding hydrogens is 170 g/mol. The maximum absolute atomic E-state index is 3.80. The molecule has 0 aromatic rings. The minimum atomic E-state index is 0.706. The van der Waals surface area contributed by atoms with E-state index in [2.05, 4.69) is 33.0 Å². The van der Waals surface area contributed by atoms with Gasteiger partial charge in [-0.25, -0.2) is 0 Å². The molecule has 0 aromatic heterocycles. The van der Waals surface area contributed by atoms with Gasteiger partial charge in [0.1, 0.15) is 0 Å². The fraction of sp³-hybridized carbons (Fsp3) is 1.00. The molecular formula is C13H27N. The lowest BCUT2D eigenvalue weighted by Gasteiger charge is -2.35. The maximum atomic E-state index is 3.80. The van der Waals surface area contributed by atoms with Crippen molar-refractivity contribution in [3.05, 3.63) is 0 Å².